The molecule has 6 heteroatoms. The normalized spacial score (nSPS) is 10.9. The number of nitrogens with one attached hydrogen (secondary N) is 1. The molecule has 0 aliphatic heterocycles. The zero-order chi connectivity index (χ0) is 19.2. The molecule has 2 aromatic carbocycles. The van der Waals surface area contributed by atoms with E-state index in [-0.39, 0.29) is 5.91 Å². The molecule has 5 nitrogen and oxygen atoms in total. The molecule has 0 unspecified atom stereocenters. The molecule has 3 aromatic rings. The quantitative estimate of drug-likeness (QED) is 0.637. The van der Waals surface area contributed by atoms with Crippen LogP contribution in [0.2, 0.25) is 5.02 Å². The summed E-state index contributed by atoms with van der Waals surface area (Å²) < 4.78 is 6.95. The molecule has 0 saturated carbocycles. The van der Waals surface area contributed by atoms with E-state index in [1.165, 1.54) is 6.08 Å². The van der Waals surface area contributed by atoms with Gasteiger partial charge < -0.3 is 10.1 Å². The lowest BCUT2D eigenvalue weighted by Gasteiger charge is -2.04. The molecule has 0 fully saturated rings. The van der Waals surface area contributed by atoms with E-state index >= 15 is 0 Å². The first kappa shape index (κ1) is 18.7. The van der Waals surface area contributed by atoms with Crippen LogP contribution < -0.4 is 10.1 Å². The van der Waals surface area contributed by atoms with Crippen LogP contribution in [0, 0.1) is 6.92 Å². The van der Waals surface area contributed by atoms with Crippen LogP contribution in [0.1, 0.15) is 16.8 Å². The number of aromatic nitrogens is 2. The van der Waals surface area contributed by atoms with Gasteiger partial charge in [0.2, 0.25) is 5.91 Å². The summed E-state index contributed by atoms with van der Waals surface area (Å²) in [4.78, 5) is 12.1. The fourth-order valence-electron chi connectivity index (χ4n) is 2.55. The van der Waals surface area contributed by atoms with Crippen LogP contribution in [0.15, 0.2) is 60.7 Å². The maximum Gasteiger partial charge on any atom is 0.249 e. The summed E-state index contributed by atoms with van der Waals surface area (Å²) in [7, 11) is 1.62. The largest absolute Gasteiger partial charge is 0.497 e. The van der Waals surface area contributed by atoms with Gasteiger partial charge in [-0.2, -0.15) is 5.10 Å². The predicted octanol–water partition coefficient (Wildman–Crippen LogP) is 4.55. The molecule has 1 N–H and O–H groups in total. The van der Waals surface area contributed by atoms with E-state index < -0.39 is 0 Å². The van der Waals surface area contributed by atoms with E-state index in [1.54, 1.807) is 13.2 Å². The van der Waals surface area contributed by atoms with Gasteiger partial charge in [0.25, 0.3) is 0 Å². The number of hydrogen-bond donors (Lipinski definition) is 1. The number of benzene rings is 2. The number of carbonyl (C=O) groups excluding carboxylic acids is 1. The molecule has 27 heavy (non-hydrogen) atoms. The molecule has 3 rings (SSSR count). The van der Waals surface area contributed by atoms with Gasteiger partial charge in [-0.15, -0.1) is 0 Å². The average molecular weight is 382 g/mol. The Morgan fingerprint density at radius 1 is 1.19 bits per heavy atom. The summed E-state index contributed by atoms with van der Waals surface area (Å²) in [6.45, 7) is 2.56. The smallest absolute Gasteiger partial charge is 0.249 e. The average Bonchev–Trinajstić information content (AvgIpc) is 3.01. The number of nitrogens with zero attached hydrogens (tertiary/aromatic N) is 2. The second-order valence-corrected chi connectivity index (χ2v) is 6.49. The molecule has 0 aliphatic carbocycles. The van der Waals surface area contributed by atoms with Crippen molar-refractivity contribution in [2.75, 3.05) is 12.4 Å². The Bertz CT molecular complexity index is 945. The van der Waals surface area contributed by atoms with Gasteiger partial charge in [0.05, 0.1) is 13.7 Å². The lowest BCUT2D eigenvalue weighted by Crippen LogP contribution is -2.09. The number of aryl methyl sites for hydroxylation is 1. The minimum Gasteiger partial charge on any atom is -0.497 e. The Hall–Kier alpha value is -3.05. The van der Waals surface area contributed by atoms with E-state index in [0.29, 0.717) is 17.4 Å². The molecular formula is C21H20ClN3O2. The lowest BCUT2D eigenvalue weighted by molar-refractivity contribution is -0.111. The highest BCUT2D eigenvalue weighted by Crippen LogP contribution is 2.15. The van der Waals surface area contributed by atoms with E-state index in [0.717, 1.165) is 22.6 Å². The summed E-state index contributed by atoms with van der Waals surface area (Å²) in [6.07, 6.45) is 3.22. The van der Waals surface area contributed by atoms with Crippen molar-refractivity contribution in [3.8, 4) is 5.75 Å². The SMILES string of the molecule is COc1ccc(/C=C/C(=O)Nc2cc(C)n(Cc3ccc(Cl)cc3)n2)cc1. The van der Waals surface area contributed by atoms with Crippen molar-refractivity contribution >= 4 is 29.4 Å². The van der Waals surface area contributed by atoms with Crippen LogP contribution in [-0.2, 0) is 11.3 Å². The zero-order valence-corrected chi connectivity index (χ0v) is 15.9. The summed E-state index contributed by atoms with van der Waals surface area (Å²) in [6, 6.07) is 16.9. The minimum atomic E-state index is -0.234. The molecule has 1 amide bonds. The molecule has 0 radical (unpaired) electrons. The number of ether oxygens (including phenoxy) is 1. The molecule has 0 bridgehead atoms. The highest BCUT2D eigenvalue weighted by atomic mass is 35.5. The Balaban J connectivity index is 1.62. The molecular weight excluding hydrogens is 362 g/mol. The van der Waals surface area contributed by atoms with Crippen molar-refractivity contribution in [1.29, 1.82) is 0 Å². The number of methoxy groups -OCH3 is 1. The molecule has 0 saturated heterocycles. The molecule has 0 atom stereocenters. The van der Waals surface area contributed by atoms with Gasteiger partial charge in [-0.3, -0.25) is 9.48 Å². The summed E-state index contributed by atoms with van der Waals surface area (Å²) in [5.41, 5.74) is 2.96. The number of anilines is 1. The minimum absolute atomic E-state index is 0.234. The summed E-state index contributed by atoms with van der Waals surface area (Å²) >= 11 is 5.91. The van der Waals surface area contributed by atoms with Crippen molar-refractivity contribution in [1.82, 2.24) is 9.78 Å². The second-order valence-electron chi connectivity index (χ2n) is 6.05. The number of halogens is 1. The summed E-state index contributed by atoms with van der Waals surface area (Å²) in [5, 5.41) is 7.94. The van der Waals surface area contributed by atoms with Crippen LogP contribution in [-0.4, -0.2) is 22.8 Å². The van der Waals surface area contributed by atoms with Gasteiger partial charge in [0, 0.05) is 22.9 Å². The van der Waals surface area contributed by atoms with Crippen molar-refractivity contribution in [3.05, 3.63) is 82.5 Å². The topological polar surface area (TPSA) is 56.1 Å². The van der Waals surface area contributed by atoms with Gasteiger partial charge in [-0.1, -0.05) is 35.9 Å². The van der Waals surface area contributed by atoms with Crippen LogP contribution in [0.4, 0.5) is 5.82 Å². The maximum atomic E-state index is 12.1. The first-order valence-corrected chi connectivity index (χ1v) is 8.83. The first-order chi connectivity index (χ1) is 13.0. The highest BCUT2D eigenvalue weighted by Gasteiger charge is 2.07. The maximum absolute atomic E-state index is 12.1. The standard InChI is InChI=1S/C21H20ClN3O2/c1-15-13-20(24-25(15)14-17-3-8-18(22)9-4-17)23-21(26)12-7-16-5-10-19(27-2)11-6-16/h3-13H,14H2,1-2H3,(H,23,24,26)/b12-7+. The third kappa shape index (κ3) is 5.21. The van der Waals surface area contributed by atoms with Crippen LogP contribution in [0.3, 0.4) is 0 Å². The molecule has 0 spiro atoms. The third-order valence-corrected chi connectivity index (χ3v) is 4.27. The lowest BCUT2D eigenvalue weighted by atomic mass is 10.2. The fraction of sp³-hybridized carbons (Fsp3) is 0.143. The third-order valence-electron chi connectivity index (χ3n) is 4.02. The monoisotopic (exact) mass is 381 g/mol. The van der Waals surface area contributed by atoms with Crippen LogP contribution >= 0.6 is 11.6 Å². The van der Waals surface area contributed by atoms with E-state index in [4.69, 9.17) is 16.3 Å². The van der Waals surface area contributed by atoms with Gasteiger partial charge in [0.15, 0.2) is 5.82 Å². The van der Waals surface area contributed by atoms with Crippen LogP contribution in [0.5, 0.6) is 5.75 Å². The first-order valence-electron chi connectivity index (χ1n) is 8.45. The number of hydrogen-bond acceptors (Lipinski definition) is 3. The van der Waals surface area contributed by atoms with Crippen molar-refractivity contribution in [2.24, 2.45) is 0 Å². The molecule has 1 heterocycles. The Kier molecular flexibility index (Phi) is 5.94. The Labute approximate surface area is 163 Å². The number of carbonyl (C=O) groups is 1. The number of amides is 1. The van der Waals surface area contributed by atoms with E-state index in [2.05, 4.69) is 10.4 Å². The molecule has 0 aliphatic rings. The Morgan fingerprint density at radius 2 is 1.89 bits per heavy atom. The Morgan fingerprint density at radius 3 is 2.56 bits per heavy atom. The predicted molar refractivity (Wildman–Crippen MR) is 108 cm³/mol. The van der Waals surface area contributed by atoms with Crippen molar-refractivity contribution < 1.29 is 9.53 Å². The highest BCUT2D eigenvalue weighted by molar-refractivity contribution is 6.30. The van der Waals surface area contributed by atoms with Gasteiger partial charge in [0.1, 0.15) is 5.75 Å². The van der Waals surface area contributed by atoms with E-state index in [1.807, 2.05) is 66.2 Å². The van der Waals surface area contributed by atoms with Crippen molar-refractivity contribution in [2.45, 2.75) is 13.5 Å². The zero-order valence-electron chi connectivity index (χ0n) is 15.1. The van der Waals surface area contributed by atoms with Gasteiger partial charge in [-0.25, -0.2) is 0 Å². The fourth-order valence-corrected chi connectivity index (χ4v) is 2.67. The van der Waals surface area contributed by atoms with Crippen molar-refractivity contribution in [3.63, 3.8) is 0 Å². The van der Waals surface area contributed by atoms with E-state index in [9.17, 15) is 4.79 Å². The second kappa shape index (κ2) is 8.56. The van der Waals surface area contributed by atoms with Crippen LogP contribution in [0.25, 0.3) is 6.08 Å². The van der Waals surface area contributed by atoms with Gasteiger partial charge in [-0.05, 0) is 48.4 Å². The number of rotatable bonds is 6. The summed E-state index contributed by atoms with van der Waals surface area (Å²) in [5.74, 6) is 1.06. The molecule has 138 valence electrons. The molecule has 1 aromatic heterocycles. The van der Waals surface area contributed by atoms with Gasteiger partial charge >= 0.3 is 0 Å².